The second kappa shape index (κ2) is 14.3. The summed E-state index contributed by atoms with van der Waals surface area (Å²) in [6.45, 7) is 4.13. The fourth-order valence-corrected chi connectivity index (χ4v) is 5.61. The molecule has 218 valence electrons. The molecular formula is C36H34N2O4S. The Morgan fingerprint density at radius 2 is 1.65 bits per heavy atom. The standard InChI is InChI=1S/C36H34N2O4S/c1-26-9-7-12-29(23-26)38(25-31-13-8-22-43-31)20-21-42-30-18-16-27(17-19-30)24-34(36(40)41)37-33-15-6-5-14-32(33)35(39)28-10-3-2-4-11-28/h2-19,22-23,34,37H,20-21,24-25H2,1H3,(H,40,41)/t34-/m0/s1. The number of aliphatic carboxylic acids is 1. The summed E-state index contributed by atoms with van der Waals surface area (Å²) in [6, 6.07) is 35.3. The summed E-state index contributed by atoms with van der Waals surface area (Å²) < 4.78 is 6.09. The van der Waals surface area contributed by atoms with Crippen LogP contribution < -0.4 is 15.0 Å². The number of carbonyl (C=O) groups is 2. The highest BCUT2D eigenvalue weighted by Crippen LogP contribution is 2.23. The summed E-state index contributed by atoms with van der Waals surface area (Å²) in [5, 5.41) is 15.2. The zero-order valence-electron chi connectivity index (χ0n) is 24.0. The Hall–Kier alpha value is -4.88. The Kier molecular flexibility index (Phi) is 9.87. The lowest BCUT2D eigenvalue weighted by Gasteiger charge is -2.25. The van der Waals surface area contributed by atoms with E-state index in [-0.39, 0.29) is 12.2 Å². The summed E-state index contributed by atoms with van der Waals surface area (Å²) in [5.74, 6) is -0.433. The van der Waals surface area contributed by atoms with Gasteiger partial charge in [-0.1, -0.05) is 72.8 Å². The van der Waals surface area contributed by atoms with Crippen LogP contribution >= 0.6 is 11.3 Å². The van der Waals surface area contributed by atoms with Crippen molar-refractivity contribution in [3.8, 4) is 5.75 Å². The van der Waals surface area contributed by atoms with Crippen molar-refractivity contribution in [3.05, 3.63) is 148 Å². The molecule has 0 radical (unpaired) electrons. The van der Waals surface area contributed by atoms with E-state index < -0.39 is 12.0 Å². The average molecular weight is 591 g/mol. The van der Waals surface area contributed by atoms with Crippen LogP contribution in [0.5, 0.6) is 5.75 Å². The number of thiophene rings is 1. The molecule has 4 aromatic carbocycles. The summed E-state index contributed by atoms with van der Waals surface area (Å²) in [5.41, 5.74) is 4.69. The minimum Gasteiger partial charge on any atom is -0.492 e. The molecule has 0 saturated heterocycles. The molecule has 0 aliphatic heterocycles. The lowest BCUT2D eigenvalue weighted by atomic mass is 10.00. The molecule has 2 N–H and O–H groups in total. The van der Waals surface area contributed by atoms with Gasteiger partial charge in [-0.15, -0.1) is 11.3 Å². The van der Waals surface area contributed by atoms with E-state index in [0.29, 0.717) is 23.4 Å². The van der Waals surface area contributed by atoms with Gasteiger partial charge in [-0.2, -0.15) is 0 Å². The predicted molar refractivity (Wildman–Crippen MR) is 174 cm³/mol. The maximum Gasteiger partial charge on any atom is 0.326 e. The number of benzene rings is 4. The van der Waals surface area contributed by atoms with Crippen molar-refractivity contribution in [3.63, 3.8) is 0 Å². The summed E-state index contributed by atoms with van der Waals surface area (Å²) in [4.78, 5) is 28.9. The van der Waals surface area contributed by atoms with Gasteiger partial charge in [0.05, 0.1) is 13.1 Å². The van der Waals surface area contributed by atoms with E-state index in [4.69, 9.17) is 4.74 Å². The van der Waals surface area contributed by atoms with Crippen molar-refractivity contribution in [2.45, 2.75) is 25.9 Å². The summed E-state index contributed by atoms with van der Waals surface area (Å²) >= 11 is 1.74. The fraction of sp³-hybridized carbons (Fsp3) is 0.167. The van der Waals surface area contributed by atoms with Crippen LogP contribution in [0, 0.1) is 6.92 Å². The van der Waals surface area contributed by atoms with E-state index in [0.717, 1.165) is 30.1 Å². The molecule has 0 unspecified atom stereocenters. The molecule has 43 heavy (non-hydrogen) atoms. The van der Waals surface area contributed by atoms with Crippen molar-refractivity contribution >= 4 is 34.5 Å². The van der Waals surface area contributed by atoms with E-state index in [1.807, 2.05) is 42.5 Å². The summed E-state index contributed by atoms with van der Waals surface area (Å²) in [6.07, 6.45) is 0.241. The second-order valence-corrected chi connectivity index (χ2v) is 11.3. The number of rotatable bonds is 14. The van der Waals surface area contributed by atoms with E-state index in [1.54, 1.807) is 47.7 Å². The van der Waals surface area contributed by atoms with E-state index in [9.17, 15) is 14.7 Å². The number of nitrogens with zero attached hydrogens (tertiary/aromatic N) is 1. The molecule has 5 aromatic rings. The Labute approximate surface area is 256 Å². The molecular weight excluding hydrogens is 556 g/mol. The smallest absolute Gasteiger partial charge is 0.326 e. The molecule has 0 bridgehead atoms. The van der Waals surface area contributed by atoms with Gasteiger partial charge in [-0.25, -0.2) is 4.79 Å². The number of carbonyl (C=O) groups excluding carboxylic acids is 1. The van der Waals surface area contributed by atoms with E-state index >= 15 is 0 Å². The van der Waals surface area contributed by atoms with Crippen LogP contribution in [0.1, 0.15) is 31.9 Å². The normalized spacial score (nSPS) is 11.5. The molecule has 5 rings (SSSR count). The highest BCUT2D eigenvalue weighted by molar-refractivity contribution is 7.09. The third-order valence-corrected chi connectivity index (χ3v) is 7.98. The number of anilines is 2. The first kappa shape index (κ1) is 29.6. The Morgan fingerprint density at radius 1 is 0.884 bits per heavy atom. The Balaban J connectivity index is 1.21. The maximum absolute atomic E-state index is 13.1. The number of hydrogen-bond donors (Lipinski definition) is 2. The molecule has 6 nitrogen and oxygen atoms in total. The number of carboxylic acid groups (broad SMARTS) is 1. The molecule has 0 aliphatic carbocycles. The number of aryl methyl sites for hydroxylation is 1. The average Bonchev–Trinajstić information content (AvgIpc) is 3.55. The molecule has 1 aromatic heterocycles. The van der Waals surface area contributed by atoms with Gasteiger partial charge in [0.1, 0.15) is 18.4 Å². The third-order valence-electron chi connectivity index (χ3n) is 7.12. The quantitative estimate of drug-likeness (QED) is 0.131. The molecule has 7 heteroatoms. The first-order chi connectivity index (χ1) is 21.0. The lowest BCUT2D eigenvalue weighted by molar-refractivity contribution is -0.137. The first-order valence-corrected chi connectivity index (χ1v) is 15.1. The van der Waals surface area contributed by atoms with Crippen LogP contribution in [0.4, 0.5) is 11.4 Å². The van der Waals surface area contributed by atoms with Crippen LogP contribution in [0.15, 0.2) is 121 Å². The lowest BCUT2D eigenvalue weighted by Crippen LogP contribution is -2.32. The number of para-hydroxylation sites is 1. The van der Waals surface area contributed by atoms with Crippen LogP contribution in [0.25, 0.3) is 0 Å². The van der Waals surface area contributed by atoms with Crippen LogP contribution in [-0.4, -0.2) is 36.1 Å². The highest BCUT2D eigenvalue weighted by Gasteiger charge is 2.21. The molecule has 0 fully saturated rings. The van der Waals surface area contributed by atoms with Crippen molar-refractivity contribution in [2.24, 2.45) is 0 Å². The molecule has 0 amide bonds. The van der Waals surface area contributed by atoms with Crippen LogP contribution in [0.2, 0.25) is 0 Å². The highest BCUT2D eigenvalue weighted by atomic mass is 32.1. The van der Waals surface area contributed by atoms with Crippen molar-refractivity contribution in [2.75, 3.05) is 23.4 Å². The van der Waals surface area contributed by atoms with Gasteiger partial charge in [0, 0.05) is 33.8 Å². The summed E-state index contributed by atoms with van der Waals surface area (Å²) in [7, 11) is 0. The molecule has 1 atom stereocenters. The molecule has 0 saturated carbocycles. The maximum atomic E-state index is 13.1. The van der Waals surface area contributed by atoms with Gasteiger partial charge < -0.3 is 20.1 Å². The van der Waals surface area contributed by atoms with Crippen LogP contribution in [-0.2, 0) is 17.8 Å². The van der Waals surface area contributed by atoms with Gasteiger partial charge in [-0.3, -0.25) is 4.79 Å². The number of hydrogen-bond acceptors (Lipinski definition) is 6. The third kappa shape index (κ3) is 8.11. The van der Waals surface area contributed by atoms with E-state index in [2.05, 4.69) is 58.9 Å². The SMILES string of the molecule is Cc1cccc(N(CCOc2ccc(C[C@H](Nc3ccccc3C(=O)c3ccccc3)C(=O)O)cc2)Cc2cccs2)c1. The van der Waals surface area contributed by atoms with Crippen LogP contribution in [0.3, 0.4) is 0 Å². The Bertz CT molecular complexity index is 1640. The van der Waals surface area contributed by atoms with E-state index in [1.165, 1.54) is 10.4 Å². The largest absolute Gasteiger partial charge is 0.492 e. The zero-order chi connectivity index (χ0) is 30.0. The van der Waals surface area contributed by atoms with Gasteiger partial charge in [0.25, 0.3) is 0 Å². The second-order valence-electron chi connectivity index (χ2n) is 10.3. The van der Waals surface area contributed by atoms with Gasteiger partial charge >= 0.3 is 5.97 Å². The topological polar surface area (TPSA) is 78.9 Å². The molecule has 0 aliphatic rings. The van der Waals surface area contributed by atoms with Gasteiger partial charge in [0.15, 0.2) is 5.78 Å². The van der Waals surface area contributed by atoms with Gasteiger partial charge in [-0.05, 0) is 65.9 Å². The first-order valence-electron chi connectivity index (χ1n) is 14.2. The van der Waals surface area contributed by atoms with Gasteiger partial charge in [0.2, 0.25) is 0 Å². The molecule has 1 heterocycles. The number of carboxylic acids is 1. The zero-order valence-corrected chi connectivity index (χ0v) is 24.8. The number of ether oxygens (including phenoxy) is 1. The molecule has 0 spiro atoms. The van der Waals surface area contributed by atoms with Crippen molar-refractivity contribution in [1.29, 1.82) is 0 Å². The minimum atomic E-state index is -0.996. The minimum absolute atomic E-state index is 0.161. The Morgan fingerprint density at radius 3 is 2.37 bits per heavy atom. The number of nitrogens with one attached hydrogen (secondary N) is 1. The van der Waals surface area contributed by atoms with Crippen molar-refractivity contribution in [1.82, 2.24) is 0 Å². The van der Waals surface area contributed by atoms with Crippen molar-refractivity contribution < 1.29 is 19.4 Å². The predicted octanol–water partition coefficient (Wildman–Crippen LogP) is 7.48. The number of ketones is 1. The fourth-order valence-electron chi connectivity index (χ4n) is 4.89. The monoisotopic (exact) mass is 590 g/mol.